The molecule has 0 aromatic rings. The number of ether oxygens (including phenoxy) is 1. The summed E-state index contributed by atoms with van der Waals surface area (Å²) in [6.07, 6.45) is 0.292. The first kappa shape index (κ1) is 11.7. The van der Waals surface area contributed by atoms with Crippen LogP contribution < -0.4 is 0 Å². The highest BCUT2D eigenvalue weighted by Gasteiger charge is 2.33. The largest absolute Gasteiger partial charge is 0.465 e. The molecule has 0 aliphatic carbocycles. The number of nitrogens with zero attached hydrogens (tertiary/aromatic N) is 1. The lowest BCUT2D eigenvalue weighted by atomic mass is 9.94. The zero-order valence-corrected chi connectivity index (χ0v) is 8.56. The van der Waals surface area contributed by atoms with Crippen LogP contribution in [0.1, 0.15) is 13.3 Å². The van der Waals surface area contributed by atoms with E-state index in [1.807, 2.05) is 0 Å². The predicted octanol–water partition coefficient (Wildman–Crippen LogP) is -0.271. The normalized spacial score (nSPS) is 21.3. The van der Waals surface area contributed by atoms with E-state index >= 15 is 0 Å². The van der Waals surface area contributed by atoms with Crippen molar-refractivity contribution in [1.29, 1.82) is 0 Å². The lowest BCUT2D eigenvalue weighted by Crippen LogP contribution is -2.46. The summed E-state index contributed by atoms with van der Waals surface area (Å²) in [7, 11) is 5.03. The molecule has 1 aliphatic rings. The summed E-state index contributed by atoms with van der Waals surface area (Å²) in [5.74, 6) is -2.18. The van der Waals surface area contributed by atoms with Crippen molar-refractivity contribution >= 4 is 25.4 Å². The molecule has 2 radical (unpaired) electrons. The molecule has 1 unspecified atom stereocenters. The summed E-state index contributed by atoms with van der Waals surface area (Å²) in [5, 5.41) is 0. The molecular weight excluding hydrogens is 197 g/mol. The van der Waals surface area contributed by atoms with E-state index < -0.39 is 17.7 Å². The number of likely N-dealkylation sites (tertiary alicyclic amines) is 1. The Bertz CT molecular complexity index is 292. The second kappa shape index (κ2) is 4.95. The summed E-state index contributed by atoms with van der Waals surface area (Å²) in [5.41, 5.74) is 0. The fourth-order valence-electron chi connectivity index (χ4n) is 1.50. The van der Waals surface area contributed by atoms with Crippen LogP contribution in [0.4, 0.5) is 4.79 Å². The predicted molar refractivity (Wildman–Crippen MR) is 52.5 cm³/mol. The first-order chi connectivity index (χ1) is 7.06. The van der Waals surface area contributed by atoms with Gasteiger partial charge in [-0.2, -0.15) is 0 Å². The lowest BCUT2D eigenvalue weighted by Gasteiger charge is -2.29. The Morgan fingerprint density at radius 2 is 2.27 bits per heavy atom. The molecule has 1 amide bonds. The summed E-state index contributed by atoms with van der Waals surface area (Å²) in [6, 6.07) is 0. The smallest absolute Gasteiger partial charge is 0.316 e. The first-order valence-electron chi connectivity index (χ1n) is 4.80. The maximum atomic E-state index is 11.5. The fraction of sp³-hybridized carbons (Fsp3) is 0.667. The number of piperidine rings is 1. The van der Waals surface area contributed by atoms with Gasteiger partial charge < -0.3 is 9.64 Å². The number of hydrogen-bond acceptors (Lipinski definition) is 4. The van der Waals surface area contributed by atoms with Gasteiger partial charge in [-0.25, -0.2) is 0 Å². The van der Waals surface area contributed by atoms with Crippen LogP contribution in [0.3, 0.4) is 0 Å². The van der Waals surface area contributed by atoms with Gasteiger partial charge in [-0.05, 0) is 13.3 Å². The monoisotopic (exact) mass is 209 g/mol. The third-order valence-electron chi connectivity index (χ3n) is 2.31. The highest BCUT2D eigenvalue weighted by Crippen LogP contribution is 2.15. The maximum absolute atomic E-state index is 11.5. The van der Waals surface area contributed by atoms with Gasteiger partial charge >= 0.3 is 5.97 Å². The van der Waals surface area contributed by atoms with E-state index in [-0.39, 0.29) is 18.9 Å². The highest BCUT2D eigenvalue weighted by molar-refractivity contribution is 6.57. The molecule has 1 rings (SSSR count). The van der Waals surface area contributed by atoms with E-state index in [1.165, 1.54) is 4.90 Å². The molecule has 1 aliphatic heterocycles. The zero-order chi connectivity index (χ0) is 11.4. The molecule has 15 heavy (non-hydrogen) atoms. The Morgan fingerprint density at radius 1 is 1.60 bits per heavy atom. The molecular formula is C9H12BNO4. The van der Waals surface area contributed by atoms with E-state index in [0.717, 1.165) is 0 Å². The molecule has 80 valence electrons. The number of carbonyl (C=O) groups excluding carboxylic acids is 3. The Morgan fingerprint density at radius 3 is 2.73 bits per heavy atom. The van der Waals surface area contributed by atoms with Crippen LogP contribution in [0, 0.1) is 5.92 Å². The minimum atomic E-state index is -0.736. The van der Waals surface area contributed by atoms with Crippen molar-refractivity contribution in [1.82, 2.24) is 4.90 Å². The van der Waals surface area contributed by atoms with Gasteiger partial charge in [0.05, 0.1) is 13.2 Å². The van der Waals surface area contributed by atoms with E-state index in [4.69, 9.17) is 12.6 Å². The van der Waals surface area contributed by atoms with E-state index in [1.54, 1.807) is 6.92 Å². The molecule has 1 fully saturated rings. The van der Waals surface area contributed by atoms with Crippen molar-refractivity contribution in [2.45, 2.75) is 13.3 Å². The number of esters is 1. The summed E-state index contributed by atoms with van der Waals surface area (Å²) < 4.78 is 4.75. The minimum Gasteiger partial charge on any atom is -0.465 e. The quantitative estimate of drug-likeness (QED) is 0.356. The zero-order valence-electron chi connectivity index (χ0n) is 8.56. The van der Waals surface area contributed by atoms with Gasteiger partial charge in [-0.3, -0.25) is 14.4 Å². The van der Waals surface area contributed by atoms with Gasteiger partial charge in [0, 0.05) is 6.54 Å². The molecule has 0 saturated carbocycles. The second-order valence-corrected chi connectivity index (χ2v) is 3.32. The number of ketones is 1. The Hall–Kier alpha value is -1.33. The third kappa shape index (κ3) is 2.81. The third-order valence-corrected chi connectivity index (χ3v) is 2.31. The summed E-state index contributed by atoms with van der Waals surface area (Å²) >= 11 is 0. The van der Waals surface area contributed by atoms with Crippen molar-refractivity contribution in [2.75, 3.05) is 19.7 Å². The van der Waals surface area contributed by atoms with Crippen molar-refractivity contribution in [3.63, 3.8) is 0 Å². The molecule has 5 nitrogen and oxygen atoms in total. The van der Waals surface area contributed by atoms with E-state index in [0.29, 0.717) is 13.0 Å². The van der Waals surface area contributed by atoms with E-state index in [2.05, 4.69) is 0 Å². The van der Waals surface area contributed by atoms with E-state index in [9.17, 15) is 14.4 Å². The van der Waals surface area contributed by atoms with Crippen LogP contribution in [0.25, 0.3) is 0 Å². The molecule has 1 heterocycles. The highest BCUT2D eigenvalue weighted by atomic mass is 16.5. The van der Waals surface area contributed by atoms with Gasteiger partial charge in [-0.1, -0.05) is 0 Å². The summed E-state index contributed by atoms with van der Waals surface area (Å²) in [6.45, 7) is 2.16. The van der Waals surface area contributed by atoms with Crippen molar-refractivity contribution in [3.05, 3.63) is 0 Å². The van der Waals surface area contributed by atoms with Gasteiger partial charge in [0.2, 0.25) is 7.85 Å². The number of amides is 1. The number of hydrogen-bond donors (Lipinski definition) is 0. The SMILES string of the molecule is [B]C(=O)N1CCC(C(=O)OCC)C(=O)C1. The molecule has 0 aromatic carbocycles. The van der Waals surface area contributed by atoms with Crippen LogP contribution in [-0.4, -0.2) is 50.0 Å². The van der Waals surface area contributed by atoms with Crippen LogP contribution in [0.15, 0.2) is 0 Å². The second-order valence-electron chi connectivity index (χ2n) is 3.32. The molecule has 0 spiro atoms. The van der Waals surface area contributed by atoms with Crippen molar-refractivity contribution in [2.24, 2.45) is 5.92 Å². The van der Waals surface area contributed by atoms with Gasteiger partial charge in [0.1, 0.15) is 5.92 Å². The standard InChI is InChI=1S/C9H12BNO4/c1-2-15-8(13)6-3-4-11(9(10)14)5-7(6)12/h6H,2-5H2,1H3. The molecule has 0 aromatic heterocycles. The Labute approximate surface area is 89.2 Å². The number of rotatable bonds is 2. The van der Waals surface area contributed by atoms with Crippen LogP contribution in [0.2, 0.25) is 0 Å². The first-order valence-corrected chi connectivity index (χ1v) is 4.80. The van der Waals surface area contributed by atoms with Crippen molar-refractivity contribution < 1.29 is 19.1 Å². The molecule has 6 heteroatoms. The molecule has 0 bridgehead atoms. The number of carbonyl (C=O) groups is 3. The molecule has 1 atom stereocenters. The van der Waals surface area contributed by atoms with Gasteiger partial charge in [-0.15, -0.1) is 0 Å². The Kier molecular flexibility index (Phi) is 3.88. The summed E-state index contributed by atoms with van der Waals surface area (Å²) in [4.78, 5) is 34.8. The lowest BCUT2D eigenvalue weighted by molar-refractivity contribution is -0.153. The Balaban J connectivity index is 2.56. The number of Topliss-reactive ketones (excluding diaryl/α,β-unsaturated/α-hetero) is 1. The average molecular weight is 209 g/mol. The topological polar surface area (TPSA) is 63.7 Å². The molecule has 0 N–H and O–H groups in total. The van der Waals surface area contributed by atoms with Crippen molar-refractivity contribution in [3.8, 4) is 0 Å². The van der Waals surface area contributed by atoms with Crippen LogP contribution in [-0.2, 0) is 14.3 Å². The van der Waals surface area contributed by atoms with Gasteiger partial charge in [0.25, 0.3) is 0 Å². The fourth-order valence-corrected chi connectivity index (χ4v) is 1.50. The maximum Gasteiger partial charge on any atom is 0.316 e. The van der Waals surface area contributed by atoms with Crippen LogP contribution >= 0.6 is 0 Å². The minimum absolute atomic E-state index is 0.0984. The molecule has 1 saturated heterocycles. The van der Waals surface area contributed by atoms with Gasteiger partial charge in [0.15, 0.2) is 11.6 Å². The van der Waals surface area contributed by atoms with Crippen LogP contribution in [0.5, 0.6) is 0 Å². The average Bonchev–Trinajstić information content (AvgIpc) is 2.17.